The largest absolute Gasteiger partial charge is 0.380 e. The highest BCUT2D eigenvalue weighted by atomic mass is 32.2. The van der Waals surface area contributed by atoms with Gasteiger partial charge in [0.15, 0.2) is 5.65 Å². The normalized spacial score (nSPS) is 16.3. The predicted octanol–water partition coefficient (Wildman–Crippen LogP) is 4.64. The fraction of sp³-hybridized carbons (Fsp3) is 0.362. The minimum Gasteiger partial charge on any atom is -0.380 e. The SMILES string of the molecule is CC(C)S(=O)(=O)n1cc(C(=O)NCc2nc3nc(-c4cc(F)cc(N5CCN(CCOCCCc6ccc7c(c6)n(C)c(=O)n7C6CCC(=O)NC6=O)CC5)c4)ccc3[nH]2)c2ccccc21. The topological polar surface area (TPSA) is 199 Å². The van der Waals surface area contributed by atoms with Crippen LogP contribution in [0.2, 0.25) is 0 Å². The maximum absolute atomic E-state index is 15.1. The highest BCUT2D eigenvalue weighted by Crippen LogP contribution is 2.29. The number of hydrogen-bond acceptors (Lipinski definition) is 11. The third-order valence-corrected chi connectivity index (χ3v) is 14.5. The summed E-state index contributed by atoms with van der Waals surface area (Å²) < 4.78 is 51.4. The number of piperazine rings is 1. The third kappa shape index (κ3) is 8.84. The van der Waals surface area contributed by atoms with E-state index in [1.165, 1.54) is 26.9 Å². The summed E-state index contributed by atoms with van der Waals surface area (Å²) in [5.74, 6) is -1.14. The lowest BCUT2D eigenvalue weighted by atomic mass is 10.1. The van der Waals surface area contributed by atoms with Gasteiger partial charge in [0, 0.05) is 75.6 Å². The van der Waals surface area contributed by atoms with Crippen molar-refractivity contribution in [2.45, 2.75) is 57.4 Å². The number of aromatic amines is 1. The van der Waals surface area contributed by atoms with E-state index in [0.717, 1.165) is 49.2 Å². The maximum atomic E-state index is 15.1. The Morgan fingerprint density at radius 2 is 1.74 bits per heavy atom. The number of aromatic nitrogens is 6. The van der Waals surface area contributed by atoms with E-state index in [1.54, 1.807) is 55.8 Å². The standard InChI is InChI=1S/C47H51FN10O7S/c1-29(2)66(63,64)57-28-35(34-8-4-5-9-38(34)57)45(60)49-27-42-50-37-12-11-36(51-44(37)52-42)31-24-32(48)26-33(25-31)56-18-16-55(17-19-56)20-22-65-21-6-7-30-10-13-39-41(23-30)54(3)47(62)58(39)40-14-15-43(59)53-46(40)61/h4-5,8-13,23-26,28-29,40H,6-7,14-22,27H2,1-3H3,(H,49,60)(H,50,51,52)(H,53,59,61). The monoisotopic (exact) mass is 918 g/mol. The summed E-state index contributed by atoms with van der Waals surface area (Å²) in [6.45, 7) is 8.19. The van der Waals surface area contributed by atoms with Crippen LogP contribution in [0.4, 0.5) is 10.1 Å². The van der Waals surface area contributed by atoms with Crippen LogP contribution in [0.1, 0.15) is 60.9 Å². The first kappa shape index (κ1) is 44.5. The van der Waals surface area contributed by atoms with Gasteiger partial charge in [0.1, 0.15) is 17.7 Å². The van der Waals surface area contributed by atoms with Crippen molar-refractivity contribution < 1.29 is 31.9 Å². The van der Waals surface area contributed by atoms with E-state index < -0.39 is 33.1 Å². The molecule has 6 heterocycles. The number of fused-ring (bicyclic) bond motifs is 3. The zero-order chi connectivity index (χ0) is 46.3. The van der Waals surface area contributed by atoms with Gasteiger partial charge in [0.25, 0.3) is 5.91 Å². The van der Waals surface area contributed by atoms with Crippen molar-refractivity contribution in [3.63, 3.8) is 0 Å². The van der Waals surface area contributed by atoms with Crippen molar-refractivity contribution in [3.8, 4) is 11.3 Å². The second-order valence-corrected chi connectivity index (χ2v) is 19.5. The van der Waals surface area contributed by atoms with Crippen molar-refractivity contribution in [1.82, 2.24) is 43.6 Å². The second-order valence-electron chi connectivity index (χ2n) is 17.1. The van der Waals surface area contributed by atoms with Gasteiger partial charge in [-0.3, -0.25) is 33.7 Å². The maximum Gasteiger partial charge on any atom is 0.329 e. The molecule has 17 nitrogen and oxygen atoms in total. The minimum absolute atomic E-state index is 0.0408. The summed E-state index contributed by atoms with van der Waals surface area (Å²) >= 11 is 0. The van der Waals surface area contributed by atoms with E-state index in [9.17, 15) is 27.6 Å². The van der Waals surface area contributed by atoms with Gasteiger partial charge in [-0.05, 0) is 87.2 Å². The van der Waals surface area contributed by atoms with Crippen molar-refractivity contribution >= 4 is 66.5 Å². The Hall–Kier alpha value is -6.70. The van der Waals surface area contributed by atoms with E-state index in [1.807, 2.05) is 30.3 Å². The minimum atomic E-state index is -3.70. The smallest absolute Gasteiger partial charge is 0.329 e. The molecule has 9 rings (SSSR count). The van der Waals surface area contributed by atoms with Crippen molar-refractivity contribution in [3.05, 3.63) is 112 Å². The van der Waals surface area contributed by atoms with Crippen LogP contribution in [0.3, 0.4) is 0 Å². The first-order chi connectivity index (χ1) is 31.7. The number of benzene rings is 3. The van der Waals surface area contributed by atoms with Gasteiger partial charge in [-0.25, -0.2) is 31.5 Å². The summed E-state index contributed by atoms with van der Waals surface area (Å²) in [7, 11) is -2.01. The zero-order valence-electron chi connectivity index (χ0n) is 36.9. The van der Waals surface area contributed by atoms with Crippen LogP contribution in [0, 0.1) is 5.82 Å². The number of imide groups is 1. The molecule has 1 unspecified atom stereocenters. The number of piperidine rings is 1. The Morgan fingerprint density at radius 3 is 2.53 bits per heavy atom. The van der Waals surface area contributed by atoms with Gasteiger partial charge in [-0.1, -0.05) is 24.3 Å². The number of ether oxygens (including phenoxy) is 1. The van der Waals surface area contributed by atoms with Gasteiger partial charge in [0.05, 0.1) is 51.7 Å². The van der Waals surface area contributed by atoms with Crippen LogP contribution in [0.25, 0.3) is 44.4 Å². The molecular formula is C47H51FN10O7S. The molecule has 3 N–H and O–H groups in total. The molecule has 2 aliphatic rings. The number of rotatable bonds is 15. The molecule has 0 radical (unpaired) electrons. The first-order valence-corrected chi connectivity index (χ1v) is 23.6. The Morgan fingerprint density at radius 1 is 0.939 bits per heavy atom. The van der Waals surface area contributed by atoms with Crippen LogP contribution in [-0.4, -0.2) is 110 Å². The number of aryl methyl sites for hydroxylation is 2. The molecule has 2 fully saturated rings. The van der Waals surface area contributed by atoms with Gasteiger partial charge >= 0.3 is 5.69 Å². The number of carbonyl (C=O) groups is 3. The predicted molar refractivity (Wildman–Crippen MR) is 248 cm³/mol. The van der Waals surface area contributed by atoms with Crippen LogP contribution in [-0.2, 0) is 44.4 Å². The average molecular weight is 919 g/mol. The number of hydrogen-bond donors (Lipinski definition) is 3. The lowest BCUT2D eigenvalue weighted by Crippen LogP contribution is -2.47. The van der Waals surface area contributed by atoms with Crippen molar-refractivity contribution in [1.29, 1.82) is 0 Å². The number of amides is 3. The van der Waals surface area contributed by atoms with Gasteiger partial charge in [-0.15, -0.1) is 0 Å². The Labute approximate surface area is 379 Å². The van der Waals surface area contributed by atoms with Crippen LogP contribution >= 0.6 is 0 Å². The summed E-state index contributed by atoms with van der Waals surface area (Å²) in [5, 5.41) is 5.04. The molecule has 2 saturated heterocycles. The molecule has 3 amide bonds. The van der Waals surface area contributed by atoms with Crippen LogP contribution in [0.5, 0.6) is 0 Å². The molecule has 3 aromatic carbocycles. The lowest BCUT2D eigenvalue weighted by Gasteiger charge is -2.36. The number of carbonyl (C=O) groups excluding carboxylic acids is 3. The first-order valence-electron chi connectivity index (χ1n) is 22.1. The summed E-state index contributed by atoms with van der Waals surface area (Å²) in [6, 6.07) is 20.5. The quantitative estimate of drug-likeness (QED) is 0.0958. The molecule has 2 aliphatic heterocycles. The van der Waals surface area contributed by atoms with E-state index in [2.05, 4.69) is 30.4 Å². The molecule has 19 heteroatoms. The highest BCUT2D eigenvalue weighted by molar-refractivity contribution is 7.90. The molecule has 7 aromatic rings. The van der Waals surface area contributed by atoms with Crippen molar-refractivity contribution in [2.75, 3.05) is 50.8 Å². The molecule has 66 heavy (non-hydrogen) atoms. The molecule has 1 atom stereocenters. The Balaban J connectivity index is 0.751. The van der Waals surface area contributed by atoms with Crippen molar-refractivity contribution in [2.24, 2.45) is 7.05 Å². The Bertz CT molecular complexity index is 3180. The second kappa shape index (κ2) is 18.3. The number of imidazole rings is 2. The van der Waals surface area contributed by atoms with Crippen LogP contribution in [0.15, 0.2) is 83.8 Å². The molecule has 0 spiro atoms. The zero-order valence-corrected chi connectivity index (χ0v) is 37.7. The van der Waals surface area contributed by atoms with E-state index in [-0.39, 0.29) is 35.9 Å². The number of H-pyrrole nitrogens is 1. The van der Waals surface area contributed by atoms with Gasteiger partial charge < -0.3 is 19.9 Å². The fourth-order valence-electron chi connectivity index (χ4n) is 8.82. The lowest BCUT2D eigenvalue weighted by molar-refractivity contribution is -0.135. The van der Waals surface area contributed by atoms with E-state index in [4.69, 9.17) is 9.72 Å². The fourth-order valence-corrected chi connectivity index (χ4v) is 9.96. The van der Waals surface area contributed by atoms with Gasteiger partial charge in [0.2, 0.25) is 21.8 Å². The Kier molecular flexibility index (Phi) is 12.3. The number of nitrogens with one attached hydrogen (secondary N) is 3. The van der Waals surface area contributed by atoms with E-state index >= 15 is 4.39 Å². The number of anilines is 1. The van der Waals surface area contributed by atoms with Crippen LogP contribution < -0.4 is 21.2 Å². The summed E-state index contributed by atoms with van der Waals surface area (Å²) in [6.07, 6.45) is 3.41. The molecule has 0 aliphatic carbocycles. The summed E-state index contributed by atoms with van der Waals surface area (Å²) in [5.41, 5.74) is 5.83. The third-order valence-electron chi connectivity index (χ3n) is 12.5. The molecule has 4 aromatic heterocycles. The number of halogens is 1. The average Bonchev–Trinajstić information content (AvgIpc) is 3.98. The number of nitrogens with zero attached hydrogens (tertiary/aromatic N) is 7. The highest BCUT2D eigenvalue weighted by Gasteiger charge is 2.31. The molecule has 344 valence electrons. The van der Waals surface area contributed by atoms with Gasteiger partial charge in [-0.2, -0.15) is 0 Å². The number of pyridine rings is 1. The molecular weight excluding hydrogens is 868 g/mol. The summed E-state index contributed by atoms with van der Waals surface area (Å²) in [4.78, 5) is 67.6. The molecule has 0 saturated carbocycles. The number of para-hydroxylation sites is 1. The van der Waals surface area contributed by atoms with E-state index in [0.29, 0.717) is 77.4 Å². The molecule has 0 bridgehead atoms.